The predicted octanol–water partition coefficient (Wildman–Crippen LogP) is 2.35. The van der Waals surface area contributed by atoms with Gasteiger partial charge in [0, 0.05) is 52.1 Å². The lowest BCUT2D eigenvalue weighted by Crippen LogP contribution is -2.52. The molecule has 0 aromatic heterocycles. The molecule has 0 saturated carbocycles. The maximum atomic E-state index is 12.0. The zero-order chi connectivity index (χ0) is 18.1. The van der Waals surface area contributed by atoms with Gasteiger partial charge in [0.25, 0.3) is 0 Å². The summed E-state index contributed by atoms with van der Waals surface area (Å²) in [6.45, 7) is 2.91. The molecule has 8 heteroatoms. The Morgan fingerprint density at radius 3 is 2.44 bits per heavy atom. The van der Waals surface area contributed by atoms with Crippen LogP contribution in [0.25, 0.3) is 0 Å². The van der Waals surface area contributed by atoms with Crippen LogP contribution >= 0.6 is 0 Å². The van der Waals surface area contributed by atoms with Crippen molar-refractivity contribution in [2.45, 2.75) is 12.6 Å². The Kier molecular flexibility index (Phi) is 7.36. The van der Waals surface area contributed by atoms with Crippen molar-refractivity contribution < 1.29 is 17.9 Å². The summed E-state index contributed by atoms with van der Waals surface area (Å²) in [6, 6.07) is 10.3. The van der Waals surface area contributed by atoms with Crippen LogP contribution in [-0.2, 0) is 4.74 Å². The first kappa shape index (κ1) is 19.4. The number of piperazine rings is 1. The van der Waals surface area contributed by atoms with Crippen LogP contribution in [-0.4, -0.2) is 70.0 Å². The van der Waals surface area contributed by atoms with Crippen molar-refractivity contribution in [3.8, 4) is 0 Å². The molecule has 0 amide bonds. The van der Waals surface area contributed by atoms with Gasteiger partial charge >= 0.3 is 6.18 Å². The summed E-state index contributed by atoms with van der Waals surface area (Å²) in [4.78, 5) is 8.75. The zero-order valence-corrected chi connectivity index (χ0v) is 14.4. The molecule has 1 aromatic rings. The Balaban J connectivity index is 1.67. The van der Waals surface area contributed by atoms with E-state index >= 15 is 0 Å². The Hall–Kier alpha value is -1.96. The van der Waals surface area contributed by atoms with E-state index < -0.39 is 12.8 Å². The molecule has 0 unspecified atom stereocenters. The summed E-state index contributed by atoms with van der Waals surface area (Å²) in [5, 5.41) is 3.19. The van der Waals surface area contributed by atoms with Gasteiger partial charge in [-0.25, -0.2) is 0 Å². The maximum absolute atomic E-state index is 12.0. The van der Waals surface area contributed by atoms with Gasteiger partial charge in [0.2, 0.25) is 0 Å². The van der Waals surface area contributed by atoms with Gasteiger partial charge in [-0.3, -0.25) is 4.99 Å². The SMILES string of the molecule is CN=C(NCCCOCC(F)(F)F)N1CCN(c2ccccc2)CC1. The molecule has 1 fully saturated rings. The number of ether oxygens (including phenoxy) is 1. The molecule has 0 aliphatic carbocycles. The van der Waals surface area contributed by atoms with Crippen LogP contribution in [0.5, 0.6) is 0 Å². The molecule has 1 aliphatic rings. The van der Waals surface area contributed by atoms with Crippen molar-refractivity contribution in [2.24, 2.45) is 4.99 Å². The van der Waals surface area contributed by atoms with Crippen molar-refractivity contribution >= 4 is 11.6 Å². The second kappa shape index (κ2) is 9.50. The first-order valence-corrected chi connectivity index (χ1v) is 8.40. The van der Waals surface area contributed by atoms with E-state index in [2.05, 4.69) is 37.0 Å². The van der Waals surface area contributed by atoms with Crippen LogP contribution in [0.15, 0.2) is 35.3 Å². The van der Waals surface area contributed by atoms with Gasteiger partial charge in [-0.05, 0) is 18.6 Å². The Bertz CT molecular complexity index is 528. The highest BCUT2D eigenvalue weighted by atomic mass is 19.4. The molecule has 140 valence electrons. The topological polar surface area (TPSA) is 40.1 Å². The Labute approximate surface area is 146 Å². The summed E-state index contributed by atoms with van der Waals surface area (Å²) < 4.78 is 40.5. The van der Waals surface area contributed by atoms with Gasteiger partial charge in [-0.2, -0.15) is 13.2 Å². The third-order valence-electron chi connectivity index (χ3n) is 3.93. The van der Waals surface area contributed by atoms with Crippen LogP contribution in [0.1, 0.15) is 6.42 Å². The van der Waals surface area contributed by atoms with Crippen molar-refractivity contribution in [1.29, 1.82) is 0 Å². The molecule has 1 aliphatic heterocycles. The van der Waals surface area contributed by atoms with E-state index in [0.29, 0.717) is 13.0 Å². The summed E-state index contributed by atoms with van der Waals surface area (Å²) in [5.41, 5.74) is 1.21. The van der Waals surface area contributed by atoms with Crippen molar-refractivity contribution in [3.63, 3.8) is 0 Å². The number of aliphatic imine (C=N–C) groups is 1. The fraction of sp³-hybridized carbons (Fsp3) is 0.588. The fourth-order valence-corrected chi connectivity index (χ4v) is 2.71. The Morgan fingerprint density at radius 1 is 1.16 bits per heavy atom. The third kappa shape index (κ3) is 6.81. The average Bonchev–Trinajstić information content (AvgIpc) is 2.61. The van der Waals surface area contributed by atoms with Crippen molar-refractivity contribution in [3.05, 3.63) is 30.3 Å². The quantitative estimate of drug-likeness (QED) is 0.481. The second-order valence-corrected chi connectivity index (χ2v) is 5.80. The molecule has 0 atom stereocenters. The van der Waals surface area contributed by atoms with E-state index in [1.807, 2.05) is 18.2 Å². The number of alkyl halides is 3. The second-order valence-electron chi connectivity index (χ2n) is 5.80. The minimum Gasteiger partial charge on any atom is -0.372 e. The van der Waals surface area contributed by atoms with Gasteiger partial charge in [0.1, 0.15) is 6.61 Å². The lowest BCUT2D eigenvalue weighted by molar-refractivity contribution is -0.173. The van der Waals surface area contributed by atoms with Crippen LogP contribution in [0.2, 0.25) is 0 Å². The highest BCUT2D eigenvalue weighted by Gasteiger charge is 2.27. The number of guanidine groups is 1. The van der Waals surface area contributed by atoms with Gasteiger partial charge in [-0.1, -0.05) is 18.2 Å². The number of rotatable bonds is 6. The lowest BCUT2D eigenvalue weighted by Gasteiger charge is -2.37. The monoisotopic (exact) mass is 358 g/mol. The number of halogens is 3. The summed E-state index contributed by atoms with van der Waals surface area (Å²) in [7, 11) is 1.71. The Morgan fingerprint density at radius 2 is 1.84 bits per heavy atom. The summed E-state index contributed by atoms with van der Waals surface area (Å²) in [6.07, 6.45) is -3.76. The lowest BCUT2D eigenvalue weighted by atomic mass is 10.2. The number of hydrogen-bond acceptors (Lipinski definition) is 3. The van der Waals surface area contributed by atoms with E-state index in [4.69, 9.17) is 0 Å². The molecule has 1 aromatic carbocycles. The molecule has 5 nitrogen and oxygen atoms in total. The molecule has 0 spiro atoms. The standard InChI is InChI=1S/C17H25F3N4O/c1-21-16(22-8-5-13-25-14-17(18,19)20)24-11-9-23(10-12-24)15-6-3-2-4-7-15/h2-4,6-7H,5,8-14H2,1H3,(H,21,22). The van der Waals surface area contributed by atoms with Crippen molar-refractivity contribution in [1.82, 2.24) is 10.2 Å². The van der Waals surface area contributed by atoms with Crippen LogP contribution in [0.3, 0.4) is 0 Å². The van der Waals surface area contributed by atoms with Crippen LogP contribution < -0.4 is 10.2 Å². The molecule has 25 heavy (non-hydrogen) atoms. The van der Waals surface area contributed by atoms with Gasteiger partial charge in [0.05, 0.1) is 0 Å². The number of benzene rings is 1. The van der Waals surface area contributed by atoms with Crippen LogP contribution in [0.4, 0.5) is 18.9 Å². The molecule has 1 saturated heterocycles. The molecule has 2 rings (SSSR count). The van der Waals surface area contributed by atoms with Gasteiger partial charge in [-0.15, -0.1) is 0 Å². The van der Waals surface area contributed by atoms with Gasteiger partial charge in [0.15, 0.2) is 5.96 Å². The first-order valence-electron chi connectivity index (χ1n) is 8.40. The number of nitrogens with zero attached hydrogens (tertiary/aromatic N) is 3. The number of para-hydroxylation sites is 1. The molecular weight excluding hydrogens is 333 g/mol. The number of nitrogens with one attached hydrogen (secondary N) is 1. The predicted molar refractivity (Wildman–Crippen MR) is 93.1 cm³/mol. The number of hydrogen-bond donors (Lipinski definition) is 1. The average molecular weight is 358 g/mol. The largest absolute Gasteiger partial charge is 0.411 e. The molecular formula is C17H25F3N4O. The molecule has 0 bridgehead atoms. The molecule has 0 radical (unpaired) electrons. The van der Waals surface area contributed by atoms with Gasteiger partial charge < -0.3 is 19.9 Å². The highest BCUT2D eigenvalue weighted by Crippen LogP contribution is 2.16. The van der Waals surface area contributed by atoms with E-state index in [0.717, 1.165) is 32.1 Å². The van der Waals surface area contributed by atoms with E-state index in [9.17, 15) is 13.2 Å². The molecule has 1 heterocycles. The van der Waals surface area contributed by atoms with E-state index in [1.165, 1.54) is 5.69 Å². The minimum atomic E-state index is -4.26. The highest BCUT2D eigenvalue weighted by molar-refractivity contribution is 5.80. The van der Waals surface area contributed by atoms with Crippen LogP contribution in [0, 0.1) is 0 Å². The summed E-state index contributed by atoms with van der Waals surface area (Å²) in [5.74, 6) is 0.781. The van der Waals surface area contributed by atoms with Crippen molar-refractivity contribution in [2.75, 3.05) is 57.9 Å². The first-order chi connectivity index (χ1) is 12.0. The summed E-state index contributed by atoms with van der Waals surface area (Å²) >= 11 is 0. The van der Waals surface area contributed by atoms with E-state index in [1.54, 1.807) is 7.05 Å². The fourth-order valence-electron chi connectivity index (χ4n) is 2.71. The minimum absolute atomic E-state index is 0.0747. The maximum Gasteiger partial charge on any atom is 0.411 e. The smallest absolute Gasteiger partial charge is 0.372 e. The molecule has 1 N–H and O–H groups in total. The third-order valence-corrected chi connectivity index (χ3v) is 3.93. The normalized spacial score (nSPS) is 16.2. The number of anilines is 1. The zero-order valence-electron chi connectivity index (χ0n) is 14.4. The van der Waals surface area contributed by atoms with E-state index in [-0.39, 0.29) is 6.61 Å².